The number of carbonyl (C=O) groups is 1. The molecule has 1 spiro atoms. The van der Waals surface area contributed by atoms with E-state index in [-0.39, 0.29) is 34.1 Å². The molecule has 0 unspecified atom stereocenters. The van der Waals surface area contributed by atoms with Gasteiger partial charge < -0.3 is 9.84 Å². The molecule has 3 nitrogen and oxygen atoms in total. The Morgan fingerprint density at radius 1 is 1.16 bits per heavy atom. The first-order valence-electron chi connectivity index (χ1n) is 12.9. The van der Waals surface area contributed by atoms with E-state index in [4.69, 9.17) is 4.74 Å². The Bertz CT molecular complexity index is 1000. The molecule has 7 rings (SSSR count). The van der Waals surface area contributed by atoms with Crippen LogP contribution in [0.2, 0.25) is 0 Å². The number of allylic oxidation sites excluding steroid dienone is 2. The van der Waals surface area contributed by atoms with Crippen molar-refractivity contribution in [3.63, 3.8) is 0 Å². The minimum atomic E-state index is -0.995. The van der Waals surface area contributed by atoms with Crippen LogP contribution < -0.4 is 0 Å². The Balaban J connectivity index is 1.38. The van der Waals surface area contributed by atoms with E-state index in [0.717, 1.165) is 19.3 Å². The fourth-order valence-electron chi connectivity index (χ4n) is 11.4. The molecule has 0 radical (unpaired) electrons. The fourth-order valence-corrected chi connectivity index (χ4v) is 11.4. The molecule has 3 heteroatoms. The van der Waals surface area contributed by atoms with Gasteiger partial charge in [-0.15, -0.1) is 0 Å². The Morgan fingerprint density at radius 3 is 2.72 bits per heavy atom. The van der Waals surface area contributed by atoms with E-state index in [1.54, 1.807) is 7.11 Å². The lowest BCUT2D eigenvalue weighted by Gasteiger charge is -2.63. The van der Waals surface area contributed by atoms with E-state index in [9.17, 15) is 9.90 Å². The first kappa shape index (κ1) is 20.0. The van der Waals surface area contributed by atoms with Crippen molar-refractivity contribution in [1.29, 1.82) is 0 Å². The summed E-state index contributed by atoms with van der Waals surface area (Å²) < 4.78 is 5.90. The molecule has 1 N–H and O–H groups in total. The van der Waals surface area contributed by atoms with Crippen molar-refractivity contribution in [2.75, 3.05) is 7.11 Å². The summed E-state index contributed by atoms with van der Waals surface area (Å²) in [6, 6.07) is 11.0. The van der Waals surface area contributed by atoms with Gasteiger partial charge in [-0.05, 0) is 85.0 Å². The van der Waals surface area contributed by atoms with Crippen LogP contribution in [0.1, 0.15) is 57.4 Å². The van der Waals surface area contributed by atoms with E-state index in [0.29, 0.717) is 30.1 Å². The molecule has 32 heavy (non-hydrogen) atoms. The minimum Gasteiger partial charge on any atom is -0.386 e. The standard InChI is InChI=1S/C29H36O3/c1-26-22-16-20-11-14-27(26)13-10-19(15-18-7-4-3-5-8-18)21(27)9-6-12-28(20,26)29(31)24(32-2)17-23(30)25(22)29/h3-9,19-22,24-25,31H,10-17H2,1-2H3/t19-,20-,21+,22-,24+,25+,26+,27+,28-,29+/m0/s1. The van der Waals surface area contributed by atoms with Crippen molar-refractivity contribution in [3.05, 3.63) is 48.0 Å². The van der Waals surface area contributed by atoms with Gasteiger partial charge in [-0.3, -0.25) is 4.79 Å². The van der Waals surface area contributed by atoms with Crippen molar-refractivity contribution in [1.82, 2.24) is 0 Å². The summed E-state index contributed by atoms with van der Waals surface area (Å²) >= 11 is 0. The van der Waals surface area contributed by atoms with Gasteiger partial charge in [-0.25, -0.2) is 0 Å². The maximum atomic E-state index is 13.4. The molecule has 6 aliphatic carbocycles. The van der Waals surface area contributed by atoms with Crippen molar-refractivity contribution >= 4 is 5.78 Å². The smallest absolute Gasteiger partial charge is 0.141 e. The zero-order chi connectivity index (χ0) is 21.9. The third kappa shape index (κ3) is 1.84. The fraction of sp³-hybridized carbons (Fsp3) is 0.690. The number of fused-ring (bicyclic) bond motifs is 2. The van der Waals surface area contributed by atoms with Gasteiger partial charge in [-0.2, -0.15) is 0 Å². The van der Waals surface area contributed by atoms with E-state index in [1.807, 2.05) is 0 Å². The second-order valence-corrected chi connectivity index (χ2v) is 12.3. The maximum Gasteiger partial charge on any atom is 0.141 e. The van der Waals surface area contributed by atoms with Gasteiger partial charge in [0.2, 0.25) is 0 Å². The summed E-state index contributed by atoms with van der Waals surface area (Å²) in [6.45, 7) is 2.53. The first-order chi connectivity index (χ1) is 15.4. The molecule has 5 bridgehead atoms. The van der Waals surface area contributed by atoms with Crippen LogP contribution in [0.3, 0.4) is 0 Å². The van der Waals surface area contributed by atoms with Gasteiger partial charge in [0.15, 0.2) is 0 Å². The SMILES string of the molecule is CO[C@@H]1CC(=O)[C@H]2[C@@H]3C[C@@H]4CC[C@]56CC[C@@H](Cc7ccccc7)[C@H]5C=CC[C@@]4([C@@]12O)[C@]36C. The van der Waals surface area contributed by atoms with Gasteiger partial charge in [0.05, 0.1) is 12.0 Å². The Hall–Kier alpha value is -1.45. The number of ether oxygens (including phenoxy) is 1. The van der Waals surface area contributed by atoms with Crippen molar-refractivity contribution in [3.8, 4) is 0 Å². The zero-order valence-electron chi connectivity index (χ0n) is 19.4. The highest BCUT2D eigenvalue weighted by atomic mass is 16.5. The monoisotopic (exact) mass is 432 g/mol. The van der Waals surface area contributed by atoms with E-state index < -0.39 is 5.60 Å². The molecule has 170 valence electrons. The molecule has 0 amide bonds. The number of Topliss-reactive ketones (excluding diaryl/α,β-unsaturated/α-hetero) is 1. The lowest BCUT2D eigenvalue weighted by molar-refractivity contribution is -0.230. The first-order valence-corrected chi connectivity index (χ1v) is 12.9. The molecule has 10 atom stereocenters. The Labute approximate surface area is 191 Å². The van der Waals surface area contributed by atoms with Gasteiger partial charge in [0, 0.05) is 18.9 Å². The molecule has 5 fully saturated rings. The predicted molar refractivity (Wildman–Crippen MR) is 123 cm³/mol. The van der Waals surface area contributed by atoms with Crippen LogP contribution in [0.4, 0.5) is 0 Å². The second-order valence-electron chi connectivity index (χ2n) is 12.3. The number of hydrogen-bond acceptors (Lipinski definition) is 3. The van der Waals surface area contributed by atoms with Crippen LogP contribution in [0.25, 0.3) is 0 Å². The van der Waals surface area contributed by atoms with Crippen LogP contribution in [-0.2, 0) is 16.0 Å². The zero-order valence-corrected chi connectivity index (χ0v) is 19.4. The summed E-state index contributed by atoms with van der Waals surface area (Å²) in [7, 11) is 1.70. The summed E-state index contributed by atoms with van der Waals surface area (Å²) in [4.78, 5) is 13.4. The molecule has 0 saturated heterocycles. The lowest BCUT2D eigenvalue weighted by atomic mass is 9.41. The van der Waals surface area contributed by atoms with Crippen LogP contribution in [0, 0.1) is 45.8 Å². The van der Waals surface area contributed by atoms with Gasteiger partial charge in [0.1, 0.15) is 11.4 Å². The summed E-state index contributed by atoms with van der Waals surface area (Å²) in [5, 5.41) is 12.6. The Morgan fingerprint density at radius 2 is 1.94 bits per heavy atom. The molecular formula is C29H36O3. The largest absolute Gasteiger partial charge is 0.386 e. The highest BCUT2D eigenvalue weighted by Crippen LogP contribution is 2.88. The quantitative estimate of drug-likeness (QED) is 0.686. The van der Waals surface area contributed by atoms with E-state index in [2.05, 4.69) is 49.4 Å². The highest BCUT2D eigenvalue weighted by Gasteiger charge is 2.89. The van der Waals surface area contributed by atoms with Crippen molar-refractivity contribution in [2.24, 2.45) is 45.8 Å². The second kappa shape index (κ2) is 6.16. The molecule has 1 aromatic rings. The maximum absolute atomic E-state index is 13.4. The number of carbonyl (C=O) groups excluding carboxylic acids is 1. The average molecular weight is 433 g/mol. The highest BCUT2D eigenvalue weighted by molar-refractivity contribution is 5.88. The molecule has 0 aromatic heterocycles. The average Bonchev–Trinajstić information content (AvgIpc) is 3.36. The lowest BCUT2D eigenvalue weighted by Crippen LogP contribution is -2.65. The molecular weight excluding hydrogens is 396 g/mol. The van der Waals surface area contributed by atoms with E-state index >= 15 is 0 Å². The molecule has 5 saturated carbocycles. The molecule has 0 heterocycles. The summed E-state index contributed by atoms with van der Waals surface area (Å²) in [5.41, 5.74) is 0.448. The third-order valence-electron chi connectivity index (χ3n) is 12.2. The van der Waals surface area contributed by atoms with Crippen LogP contribution >= 0.6 is 0 Å². The van der Waals surface area contributed by atoms with Gasteiger partial charge in [-0.1, -0.05) is 49.4 Å². The normalized spacial score (nSPS) is 54.5. The third-order valence-corrected chi connectivity index (χ3v) is 12.2. The summed E-state index contributed by atoms with van der Waals surface area (Å²) in [5.74, 6) is 2.09. The molecule has 1 aromatic carbocycles. The molecule has 0 aliphatic heterocycles. The van der Waals surface area contributed by atoms with Crippen LogP contribution in [0.15, 0.2) is 42.5 Å². The minimum absolute atomic E-state index is 0.00873. The number of rotatable bonds is 3. The Kier molecular flexibility index (Phi) is 3.84. The van der Waals surface area contributed by atoms with Crippen LogP contribution in [-0.4, -0.2) is 29.7 Å². The summed E-state index contributed by atoms with van der Waals surface area (Å²) in [6.07, 6.45) is 13.2. The number of benzene rings is 1. The van der Waals surface area contributed by atoms with Gasteiger partial charge >= 0.3 is 0 Å². The van der Waals surface area contributed by atoms with E-state index in [1.165, 1.54) is 31.2 Å². The number of aliphatic hydroxyl groups is 1. The van der Waals surface area contributed by atoms with Crippen molar-refractivity contribution in [2.45, 2.75) is 70.0 Å². The number of ketones is 1. The van der Waals surface area contributed by atoms with Gasteiger partial charge in [0.25, 0.3) is 0 Å². The predicted octanol–water partition coefficient (Wildman–Crippen LogP) is 4.97. The van der Waals surface area contributed by atoms with Crippen molar-refractivity contribution < 1.29 is 14.6 Å². The molecule has 6 aliphatic rings. The van der Waals surface area contributed by atoms with Crippen LogP contribution in [0.5, 0.6) is 0 Å². The number of methoxy groups -OCH3 is 1. The topological polar surface area (TPSA) is 46.5 Å². The number of hydrogen-bond donors (Lipinski definition) is 1.